The maximum Gasteiger partial charge on any atom is 0.107 e. The highest BCUT2D eigenvalue weighted by atomic mass is 32.1. The molecule has 0 aliphatic carbocycles. The van der Waals surface area contributed by atoms with Crippen molar-refractivity contribution in [3.05, 3.63) is 16.1 Å². The highest BCUT2D eigenvalue weighted by Crippen LogP contribution is 2.22. The van der Waals surface area contributed by atoms with E-state index in [9.17, 15) is 0 Å². The van der Waals surface area contributed by atoms with Crippen LogP contribution in [-0.4, -0.2) is 41.2 Å². The Bertz CT molecular complexity index is 405. The Labute approximate surface area is 120 Å². The van der Waals surface area contributed by atoms with E-state index in [1.54, 1.807) is 11.3 Å². The zero-order valence-electron chi connectivity index (χ0n) is 12.4. The summed E-state index contributed by atoms with van der Waals surface area (Å²) in [6.45, 7) is 13.3. The minimum Gasteiger partial charge on any atom is -0.370 e. The summed E-state index contributed by atoms with van der Waals surface area (Å²) in [6.07, 6.45) is 0.295. The minimum atomic E-state index is -0.0553. The van der Waals surface area contributed by atoms with Gasteiger partial charge in [0.15, 0.2) is 0 Å². The number of nitrogens with one attached hydrogen (secondary N) is 1. The second kappa shape index (κ2) is 6.31. The number of thiazole rings is 1. The largest absolute Gasteiger partial charge is 0.370 e. The number of ether oxygens (including phenoxy) is 1. The maximum atomic E-state index is 5.93. The molecule has 1 aliphatic heterocycles. The molecule has 108 valence electrons. The van der Waals surface area contributed by atoms with Gasteiger partial charge < -0.3 is 10.1 Å². The van der Waals surface area contributed by atoms with Gasteiger partial charge in [0.2, 0.25) is 0 Å². The summed E-state index contributed by atoms with van der Waals surface area (Å²) in [5.41, 5.74) is 1.13. The van der Waals surface area contributed by atoms with Crippen molar-refractivity contribution in [3.63, 3.8) is 0 Å². The van der Waals surface area contributed by atoms with Crippen LogP contribution in [0.15, 0.2) is 5.38 Å². The molecule has 0 amide bonds. The molecule has 2 heterocycles. The van der Waals surface area contributed by atoms with Crippen molar-refractivity contribution in [1.82, 2.24) is 15.2 Å². The van der Waals surface area contributed by atoms with E-state index in [1.165, 1.54) is 10.7 Å². The predicted octanol–water partition coefficient (Wildman–Crippen LogP) is 2.25. The first kappa shape index (κ1) is 14.9. The van der Waals surface area contributed by atoms with Gasteiger partial charge >= 0.3 is 0 Å². The van der Waals surface area contributed by atoms with Crippen LogP contribution in [0.2, 0.25) is 0 Å². The molecule has 1 N–H and O–H groups in total. The van der Waals surface area contributed by atoms with Crippen LogP contribution in [0.5, 0.6) is 0 Å². The van der Waals surface area contributed by atoms with Crippen molar-refractivity contribution in [2.24, 2.45) is 0 Å². The van der Waals surface area contributed by atoms with Crippen LogP contribution in [0, 0.1) is 0 Å². The summed E-state index contributed by atoms with van der Waals surface area (Å²) in [4.78, 5) is 7.13. The molecule has 1 fully saturated rings. The predicted molar refractivity (Wildman–Crippen MR) is 79.4 cm³/mol. The van der Waals surface area contributed by atoms with E-state index in [0.29, 0.717) is 6.10 Å². The van der Waals surface area contributed by atoms with Crippen LogP contribution in [0.3, 0.4) is 0 Å². The average Bonchev–Trinajstić information content (AvgIpc) is 2.71. The maximum absolute atomic E-state index is 5.93. The molecule has 1 unspecified atom stereocenters. The van der Waals surface area contributed by atoms with Gasteiger partial charge in [-0.25, -0.2) is 4.98 Å². The molecule has 0 radical (unpaired) electrons. The van der Waals surface area contributed by atoms with Crippen molar-refractivity contribution in [3.8, 4) is 0 Å². The lowest BCUT2D eigenvalue weighted by Gasteiger charge is -2.41. The Morgan fingerprint density at radius 3 is 3.05 bits per heavy atom. The Hall–Kier alpha value is -0.490. The molecule has 1 aliphatic rings. The number of hydrogen-bond donors (Lipinski definition) is 1. The minimum absolute atomic E-state index is 0.0553. The molecule has 4 nitrogen and oxygen atoms in total. The molecular weight excluding hydrogens is 258 g/mol. The Kier molecular flexibility index (Phi) is 4.95. The van der Waals surface area contributed by atoms with Gasteiger partial charge in [0.05, 0.1) is 17.4 Å². The van der Waals surface area contributed by atoms with Crippen LogP contribution in [0.25, 0.3) is 0 Å². The summed E-state index contributed by atoms with van der Waals surface area (Å²) < 4.78 is 5.93. The van der Waals surface area contributed by atoms with Gasteiger partial charge in [-0.1, -0.05) is 6.92 Å². The highest BCUT2D eigenvalue weighted by Gasteiger charge is 2.31. The lowest BCUT2D eigenvalue weighted by molar-refractivity contribution is -0.130. The van der Waals surface area contributed by atoms with Gasteiger partial charge in [0, 0.05) is 31.6 Å². The first-order valence-electron chi connectivity index (χ1n) is 7.02. The summed E-state index contributed by atoms with van der Waals surface area (Å²) >= 11 is 1.75. The lowest BCUT2D eigenvalue weighted by atomic mass is 10.1. The third kappa shape index (κ3) is 4.53. The SMILES string of the molecule is CCNCc1nc(CN2CC(C)OC(C)(C)C2)cs1. The third-order valence-electron chi connectivity index (χ3n) is 3.15. The Morgan fingerprint density at radius 1 is 1.58 bits per heavy atom. The number of aromatic nitrogens is 1. The molecule has 1 aromatic heterocycles. The second-order valence-corrected chi connectivity index (χ2v) is 6.81. The zero-order chi connectivity index (χ0) is 13.9. The van der Waals surface area contributed by atoms with E-state index >= 15 is 0 Å². The summed E-state index contributed by atoms with van der Waals surface area (Å²) in [5.74, 6) is 0. The first-order chi connectivity index (χ1) is 8.98. The molecular formula is C14H25N3OS. The van der Waals surface area contributed by atoms with Crippen LogP contribution >= 0.6 is 11.3 Å². The van der Waals surface area contributed by atoms with E-state index in [4.69, 9.17) is 4.74 Å². The summed E-state index contributed by atoms with van der Waals surface area (Å²) in [7, 11) is 0. The van der Waals surface area contributed by atoms with E-state index in [-0.39, 0.29) is 5.60 Å². The standard InChI is InChI=1S/C14H25N3OS/c1-5-15-6-13-16-12(9-19-13)8-17-7-11(2)18-14(3,4)10-17/h9,11,15H,5-8,10H2,1-4H3. The molecule has 0 spiro atoms. The topological polar surface area (TPSA) is 37.4 Å². The molecule has 5 heteroatoms. The fourth-order valence-corrected chi connectivity index (χ4v) is 3.42. The summed E-state index contributed by atoms with van der Waals surface area (Å²) in [6, 6.07) is 0. The van der Waals surface area contributed by atoms with E-state index < -0.39 is 0 Å². The summed E-state index contributed by atoms with van der Waals surface area (Å²) in [5, 5.41) is 6.67. The average molecular weight is 283 g/mol. The van der Waals surface area contributed by atoms with Crippen LogP contribution in [-0.2, 0) is 17.8 Å². The van der Waals surface area contributed by atoms with Gasteiger partial charge in [-0.15, -0.1) is 11.3 Å². The zero-order valence-corrected chi connectivity index (χ0v) is 13.2. The second-order valence-electron chi connectivity index (χ2n) is 5.87. The number of nitrogens with zero attached hydrogens (tertiary/aromatic N) is 2. The van der Waals surface area contributed by atoms with E-state index in [2.05, 4.69) is 48.3 Å². The smallest absolute Gasteiger partial charge is 0.107 e. The van der Waals surface area contributed by atoms with Crippen molar-refractivity contribution in [1.29, 1.82) is 0 Å². The molecule has 2 rings (SSSR count). The normalized spacial score (nSPS) is 23.7. The molecule has 0 bridgehead atoms. The van der Waals surface area contributed by atoms with Gasteiger partial charge in [-0.3, -0.25) is 4.90 Å². The van der Waals surface area contributed by atoms with Crippen LogP contribution < -0.4 is 5.32 Å². The Balaban J connectivity index is 1.91. The van der Waals surface area contributed by atoms with E-state index in [1.807, 2.05) is 0 Å². The van der Waals surface area contributed by atoms with Gasteiger partial charge in [0.25, 0.3) is 0 Å². The Morgan fingerprint density at radius 2 is 2.37 bits per heavy atom. The number of rotatable bonds is 5. The molecule has 1 aromatic rings. The van der Waals surface area contributed by atoms with Crippen molar-refractivity contribution >= 4 is 11.3 Å². The molecule has 0 aromatic carbocycles. The van der Waals surface area contributed by atoms with Crippen molar-refractivity contribution < 1.29 is 4.74 Å². The fourth-order valence-electron chi connectivity index (χ4n) is 2.67. The first-order valence-corrected chi connectivity index (χ1v) is 7.90. The van der Waals surface area contributed by atoms with Crippen molar-refractivity contribution in [2.45, 2.75) is 52.5 Å². The van der Waals surface area contributed by atoms with E-state index in [0.717, 1.165) is 32.7 Å². The fraction of sp³-hybridized carbons (Fsp3) is 0.786. The number of morpholine rings is 1. The quantitative estimate of drug-likeness (QED) is 0.899. The monoisotopic (exact) mass is 283 g/mol. The van der Waals surface area contributed by atoms with Crippen molar-refractivity contribution in [2.75, 3.05) is 19.6 Å². The molecule has 19 heavy (non-hydrogen) atoms. The third-order valence-corrected chi connectivity index (χ3v) is 4.05. The van der Waals surface area contributed by atoms with Gasteiger partial charge in [-0.05, 0) is 27.3 Å². The molecule has 1 atom stereocenters. The van der Waals surface area contributed by atoms with Gasteiger partial charge in [-0.2, -0.15) is 0 Å². The number of hydrogen-bond acceptors (Lipinski definition) is 5. The van der Waals surface area contributed by atoms with Crippen LogP contribution in [0.4, 0.5) is 0 Å². The molecule has 0 saturated carbocycles. The van der Waals surface area contributed by atoms with Crippen LogP contribution in [0.1, 0.15) is 38.4 Å². The lowest BCUT2D eigenvalue weighted by Crippen LogP contribution is -2.51. The molecule has 1 saturated heterocycles. The highest BCUT2D eigenvalue weighted by molar-refractivity contribution is 7.09. The van der Waals surface area contributed by atoms with Gasteiger partial charge in [0.1, 0.15) is 5.01 Å².